The Morgan fingerprint density at radius 2 is 2.26 bits per heavy atom. The lowest BCUT2D eigenvalue weighted by Gasteiger charge is -2.18. The van der Waals surface area contributed by atoms with Crippen LogP contribution < -0.4 is 5.32 Å². The summed E-state index contributed by atoms with van der Waals surface area (Å²) in [5, 5.41) is 16.2. The third kappa shape index (κ3) is 3.75. The average molecular weight is 345 g/mol. The highest BCUT2D eigenvalue weighted by Crippen LogP contribution is 2.28. The highest BCUT2D eigenvalue weighted by molar-refractivity contribution is 9.10. The van der Waals surface area contributed by atoms with Gasteiger partial charge in [0.05, 0.1) is 7.05 Å². The van der Waals surface area contributed by atoms with Crippen molar-refractivity contribution in [1.29, 1.82) is 0 Å². The molecule has 0 aliphatic carbocycles. The standard InChI is InChI=1S/C12H15BrClN5/c1-3-15-11(7-12-16-18-19(2)17-12)9-5-4-8(13)6-10(9)14/h4-6,11,15H,3,7H2,1-2H3. The molecular formula is C12H15BrClN5. The maximum Gasteiger partial charge on any atom is 0.176 e. The molecule has 7 heteroatoms. The van der Waals surface area contributed by atoms with Crippen LogP contribution in [-0.4, -0.2) is 26.8 Å². The van der Waals surface area contributed by atoms with E-state index in [1.807, 2.05) is 18.2 Å². The van der Waals surface area contributed by atoms with Crippen molar-refractivity contribution in [2.75, 3.05) is 6.54 Å². The van der Waals surface area contributed by atoms with Gasteiger partial charge in [0.25, 0.3) is 0 Å². The largest absolute Gasteiger partial charge is 0.310 e. The van der Waals surface area contributed by atoms with Gasteiger partial charge in [0.2, 0.25) is 0 Å². The van der Waals surface area contributed by atoms with Crippen LogP contribution in [0.2, 0.25) is 5.02 Å². The summed E-state index contributed by atoms with van der Waals surface area (Å²) in [7, 11) is 1.76. The molecule has 2 aromatic rings. The Morgan fingerprint density at radius 1 is 1.47 bits per heavy atom. The van der Waals surface area contributed by atoms with Gasteiger partial charge < -0.3 is 5.32 Å². The van der Waals surface area contributed by atoms with Crippen LogP contribution in [-0.2, 0) is 13.5 Å². The van der Waals surface area contributed by atoms with Crippen LogP contribution in [0, 0.1) is 0 Å². The maximum atomic E-state index is 6.30. The summed E-state index contributed by atoms with van der Waals surface area (Å²) in [5.41, 5.74) is 1.04. The van der Waals surface area contributed by atoms with Crippen molar-refractivity contribution in [3.8, 4) is 0 Å². The van der Waals surface area contributed by atoms with E-state index >= 15 is 0 Å². The maximum absolute atomic E-state index is 6.30. The van der Waals surface area contributed by atoms with Gasteiger partial charge in [-0.15, -0.1) is 10.2 Å². The van der Waals surface area contributed by atoms with Gasteiger partial charge >= 0.3 is 0 Å². The molecule has 1 N–H and O–H groups in total. The Hall–Kier alpha value is -0.980. The summed E-state index contributed by atoms with van der Waals surface area (Å²) in [6.07, 6.45) is 0.656. The second-order valence-electron chi connectivity index (χ2n) is 4.18. The Kier molecular flexibility index (Phi) is 4.90. The van der Waals surface area contributed by atoms with Crippen LogP contribution in [0.5, 0.6) is 0 Å². The van der Waals surface area contributed by atoms with Crippen LogP contribution in [0.25, 0.3) is 0 Å². The number of likely N-dealkylation sites (N-methyl/N-ethyl adjacent to an activating group) is 1. The molecule has 0 spiro atoms. The Bertz CT molecular complexity index is 557. The van der Waals surface area contributed by atoms with E-state index in [-0.39, 0.29) is 6.04 Å². The van der Waals surface area contributed by atoms with Crippen molar-refractivity contribution in [3.63, 3.8) is 0 Å². The van der Waals surface area contributed by atoms with E-state index in [9.17, 15) is 0 Å². The van der Waals surface area contributed by atoms with Crippen LogP contribution in [0.4, 0.5) is 0 Å². The summed E-state index contributed by atoms with van der Waals surface area (Å²) >= 11 is 9.71. The third-order valence-corrected chi connectivity index (χ3v) is 3.55. The van der Waals surface area contributed by atoms with Crippen LogP contribution in [0.3, 0.4) is 0 Å². The second kappa shape index (κ2) is 6.45. The lowest BCUT2D eigenvalue weighted by molar-refractivity contribution is 0.535. The molecule has 1 aromatic carbocycles. The smallest absolute Gasteiger partial charge is 0.176 e. The zero-order chi connectivity index (χ0) is 13.8. The van der Waals surface area contributed by atoms with Gasteiger partial charge in [0.15, 0.2) is 5.82 Å². The molecule has 19 heavy (non-hydrogen) atoms. The normalized spacial score (nSPS) is 12.6. The fourth-order valence-corrected chi connectivity index (χ4v) is 2.72. The fourth-order valence-electron chi connectivity index (χ4n) is 1.91. The molecule has 1 aromatic heterocycles. The zero-order valence-corrected chi connectivity index (χ0v) is 13.1. The monoisotopic (exact) mass is 343 g/mol. The van der Waals surface area contributed by atoms with E-state index in [0.29, 0.717) is 12.2 Å². The van der Waals surface area contributed by atoms with E-state index in [4.69, 9.17) is 11.6 Å². The molecule has 1 atom stereocenters. The van der Waals surface area contributed by atoms with Gasteiger partial charge in [-0.2, -0.15) is 4.80 Å². The van der Waals surface area contributed by atoms with Crippen molar-refractivity contribution in [2.24, 2.45) is 7.05 Å². The van der Waals surface area contributed by atoms with Crippen LogP contribution >= 0.6 is 27.5 Å². The third-order valence-electron chi connectivity index (χ3n) is 2.72. The average Bonchev–Trinajstić information content (AvgIpc) is 2.74. The minimum Gasteiger partial charge on any atom is -0.310 e. The zero-order valence-electron chi connectivity index (χ0n) is 10.8. The lowest BCUT2D eigenvalue weighted by Crippen LogP contribution is -2.23. The van der Waals surface area contributed by atoms with E-state index in [1.54, 1.807) is 7.05 Å². The molecule has 0 amide bonds. The Labute approximate surface area is 125 Å². The SMILES string of the molecule is CCNC(Cc1nnn(C)n1)c1ccc(Br)cc1Cl. The number of benzene rings is 1. The number of hydrogen-bond acceptors (Lipinski definition) is 4. The van der Waals surface area contributed by atoms with Crippen molar-refractivity contribution in [1.82, 2.24) is 25.5 Å². The van der Waals surface area contributed by atoms with Crippen LogP contribution in [0.1, 0.15) is 24.4 Å². The molecule has 0 aliphatic heterocycles. The Morgan fingerprint density at radius 3 is 2.84 bits per heavy atom. The molecule has 0 bridgehead atoms. The number of aromatic nitrogens is 4. The number of nitrogens with zero attached hydrogens (tertiary/aromatic N) is 4. The van der Waals surface area contributed by atoms with Gasteiger partial charge in [-0.3, -0.25) is 0 Å². The molecule has 0 saturated carbocycles. The summed E-state index contributed by atoms with van der Waals surface area (Å²) < 4.78 is 0.967. The fraction of sp³-hybridized carbons (Fsp3) is 0.417. The van der Waals surface area contributed by atoms with Crippen molar-refractivity contribution < 1.29 is 0 Å². The van der Waals surface area contributed by atoms with Crippen LogP contribution in [0.15, 0.2) is 22.7 Å². The molecule has 0 saturated heterocycles. The topological polar surface area (TPSA) is 55.6 Å². The summed E-state index contributed by atoms with van der Waals surface area (Å²) in [4.78, 5) is 1.46. The first kappa shape index (κ1) is 14.4. The second-order valence-corrected chi connectivity index (χ2v) is 5.50. The first-order valence-electron chi connectivity index (χ1n) is 6.01. The number of hydrogen-bond donors (Lipinski definition) is 1. The number of rotatable bonds is 5. The first-order valence-corrected chi connectivity index (χ1v) is 7.18. The van der Waals surface area contributed by atoms with E-state index < -0.39 is 0 Å². The van der Waals surface area contributed by atoms with Crippen molar-refractivity contribution >= 4 is 27.5 Å². The summed E-state index contributed by atoms with van der Waals surface area (Å²) in [6.45, 7) is 2.90. The molecule has 2 rings (SSSR count). The Balaban J connectivity index is 2.23. The predicted octanol–water partition coefficient (Wildman–Crippen LogP) is 2.52. The molecular weight excluding hydrogens is 330 g/mol. The van der Waals surface area contributed by atoms with E-state index in [1.165, 1.54) is 4.80 Å². The van der Waals surface area contributed by atoms with Gasteiger partial charge in [-0.25, -0.2) is 0 Å². The highest BCUT2D eigenvalue weighted by Gasteiger charge is 2.17. The summed E-state index contributed by atoms with van der Waals surface area (Å²) in [5.74, 6) is 0.701. The van der Waals surface area contributed by atoms with Gasteiger partial charge in [-0.05, 0) is 29.5 Å². The highest BCUT2D eigenvalue weighted by atomic mass is 79.9. The quantitative estimate of drug-likeness (QED) is 0.905. The summed E-state index contributed by atoms with van der Waals surface area (Å²) in [6, 6.07) is 5.96. The van der Waals surface area contributed by atoms with E-state index in [0.717, 1.165) is 21.6 Å². The minimum absolute atomic E-state index is 0.0785. The number of halogens is 2. The number of nitrogens with one attached hydrogen (secondary N) is 1. The molecule has 0 radical (unpaired) electrons. The lowest BCUT2D eigenvalue weighted by atomic mass is 10.0. The van der Waals surface area contributed by atoms with Crippen molar-refractivity contribution in [2.45, 2.75) is 19.4 Å². The molecule has 1 heterocycles. The van der Waals surface area contributed by atoms with Gasteiger partial charge in [-0.1, -0.05) is 40.5 Å². The van der Waals surface area contributed by atoms with E-state index in [2.05, 4.69) is 43.6 Å². The van der Waals surface area contributed by atoms with Gasteiger partial charge in [0, 0.05) is 22.0 Å². The van der Waals surface area contributed by atoms with Gasteiger partial charge in [0.1, 0.15) is 0 Å². The molecule has 0 fully saturated rings. The molecule has 0 aliphatic rings. The predicted molar refractivity (Wildman–Crippen MR) is 78.1 cm³/mol. The van der Waals surface area contributed by atoms with Crippen molar-refractivity contribution in [3.05, 3.63) is 39.1 Å². The first-order chi connectivity index (χ1) is 9.10. The molecule has 1 unspecified atom stereocenters. The molecule has 102 valence electrons. The number of aryl methyl sites for hydroxylation is 1. The molecule has 5 nitrogen and oxygen atoms in total. The number of tetrazole rings is 1. The minimum atomic E-state index is 0.0785.